The third kappa shape index (κ3) is 3.86. The summed E-state index contributed by atoms with van der Waals surface area (Å²) in [6.07, 6.45) is 6.68. The van der Waals surface area contributed by atoms with Gasteiger partial charge in [-0.15, -0.1) is 0 Å². The second-order valence-electron chi connectivity index (χ2n) is 6.65. The van der Waals surface area contributed by atoms with Crippen LogP contribution in [0.3, 0.4) is 0 Å². The summed E-state index contributed by atoms with van der Waals surface area (Å²) in [6.45, 7) is 0.886. The Balaban J connectivity index is 1.56. The van der Waals surface area contributed by atoms with Crippen molar-refractivity contribution in [2.24, 2.45) is 7.05 Å². The molecule has 1 amide bonds. The van der Waals surface area contributed by atoms with Crippen LogP contribution in [0.2, 0.25) is 0 Å². The normalized spacial score (nSPS) is 10.8. The minimum absolute atomic E-state index is 0.0801. The minimum atomic E-state index is -0.0801. The van der Waals surface area contributed by atoms with Gasteiger partial charge in [0.2, 0.25) is 0 Å². The number of aromatic nitrogens is 4. The molecular formula is C22H21N5O. The third-order valence-corrected chi connectivity index (χ3v) is 4.65. The number of aromatic amines is 1. The van der Waals surface area contributed by atoms with Gasteiger partial charge in [-0.05, 0) is 16.7 Å². The minimum Gasteiger partial charge on any atom is -0.347 e. The van der Waals surface area contributed by atoms with E-state index in [0.717, 1.165) is 17.0 Å². The molecule has 4 aromatic rings. The highest BCUT2D eigenvalue weighted by Crippen LogP contribution is 2.20. The molecule has 0 radical (unpaired) electrons. The molecule has 6 heteroatoms. The Morgan fingerprint density at radius 2 is 1.79 bits per heavy atom. The van der Waals surface area contributed by atoms with Crippen LogP contribution < -0.4 is 0 Å². The van der Waals surface area contributed by atoms with E-state index in [0.29, 0.717) is 18.8 Å². The Hall–Kier alpha value is -3.67. The molecule has 2 aromatic carbocycles. The molecule has 0 saturated heterocycles. The Morgan fingerprint density at radius 1 is 1.04 bits per heavy atom. The molecular weight excluding hydrogens is 350 g/mol. The molecule has 0 aliphatic rings. The first kappa shape index (κ1) is 17.7. The average Bonchev–Trinajstić information content (AvgIpc) is 3.40. The van der Waals surface area contributed by atoms with Gasteiger partial charge >= 0.3 is 0 Å². The maximum absolute atomic E-state index is 13.1. The van der Waals surface area contributed by atoms with E-state index in [-0.39, 0.29) is 5.91 Å². The smallest absolute Gasteiger partial charge is 0.272 e. The van der Waals surface area contributed by atoms with Crippen LogP contribution in [0.4, 0.5) is 0 Å². The predicted molar refractivity (Wildman–Crippen MR) is 107 cm³/mol. The number of carbonyl (C=O) groups excluding carboxylic acids is 1. The predicted octanol–water partition coefficient (Wildman–Crippen LogP) is 3.65. The number of nitrogens with one attached hydrogen (secondary N) is 1. The quantitative estimate of drug-likeness (QED) is 0.562. The fraction of sp³-hybridized carbons (Fsp3) is 0.136. The SMILES string of the molecule is Cn1cncc1C(=O)N(Cc1ccc(-c2ccccc2)cc1)Cc1ncc[nH]1. The van der Waals surface area contributed by atoms with Gasteiger partial charge in [0.25, 0.3) is 5.91 Å². The first-order valence-corrected chi connectivity index (χ1v) is 9.09. The molecule has 0 spiro atoms. The van der Waals surface area contributed by atoms with E-state index in [1.165, 1.54) is 5.56 Å². The van der Waals surface area contributed by atoms with E-state index in [9.17, 15) is 4.79 Å². The first-order chi connectivity index (χ1) is 13.7. The molecule has 2 aromatic heterocycles. The molecule has 0 aliphatic carbocycles. The second-order valence-corrected chi connectivity index (χ2v) is 6.65. The number of hydrogen-bond acceptors (Lipinski definition) is 3. The Bertz CT molecular complexity index is 1040. The third-order valence-electron chi connectivity index (χ3n) is 4.65. The summed E-state index contributed by atoms with van der Waals surface area (Å²) >= 11 is 0. The van der Waals surface area contributed by atoms with Crippen molar-refractivity contribution in [3.05, 3.63) is 96.6 Å². The maximum Gasteiger partial charge on any atom is 0.272 e. The number of imidazole rings is 2. The summed E-state index contributed by atoms with van der Waals surface area (Å²) in [4.78, 5) is 26.2. The van der Waals surface area contributed by atoms with E-state index < -0.39 is 0 Å². The average molecular weight is 371 g/mol. The zero-order valence-corrected chi connectivity index (χ0v) is 15.6. The Morgan fingerprint density at radius 3 is 2.43 bits per heavy atom. The first-order valence-electron chi connectivity index (χ1n) is 9.09. The van der Waals surface area contributed by atoms with Crippen LogP contribution in [0.25, 0.3) is 11.1 Å². The summed E-state index contributed by atoms with van der Waals surface area (Å²) in [5.74, 6) is 0.667. The lowest BCUT2D eigenvalue weighted by molar-refractivity contribution is 0.0716. The number of hydrogen-bond donors (Lipinski definition) is 1. The summed E-state index contributed by atoms with van der Waals surface area (Å²) in [5, 5.41) is 0. The molecule has 0 unspecified atom stereocenters. The molecule has 6 nitrogen and oxygen atoms in total. The number of H-pyrrole nitrogens is 1. The van der Waals surface area contributed by atoms with Crippen LogP contribution in [-0.4, -0.2) is 30.3 Å². The van der Waals surface area contributed by atoms with Crippen molar-refractivity contribution >= 4 is 5.91 Å². The maximum atomic E-state index is 13.1. The number of carbonyl (C=O) groups is 1. The van der Waals surface area contributed by atoms with Crippen LogP contribution in [0.5, 0.6) is 0 Å². The van der Waals surface area contributed by atoms with Crippen molar-refractivity contribution in [2.45, 2.75) is 13.1 Å². The Kier molecular flexibility index (Phi) is 5.01. The monoisotopic (exact) mass is 371 g/mol. The van der Waals surface area contributed by atoms with E-state index in [2.05, 4.69) is 51.4 Å². The second kappa shape index (κ2) is 7.92. The fourth-order valence-electron chi connectivity index (χ4n) is 3.14. The van der Waals surface area contributed by atoms with Gasteiger partial charge in [0.1, 0.15) is 11.5 Å². The molecule has 1 N–H and O–H groups in total. The molecule has 0 bridgehead atoms. The molecule has 2 heterocycles. The van der Waals surface area contributed by atoms with Gasteiger partial charge in [0.05, 0.1) is 19.1 Å². The molecule has 4 rings (SSSR count). The van der Waals surface area contributed by atoms with Crippen molar-refractivity contribution in [2.75, 3.05) is 0 Å². The molecule has 0 saturated carbocycles. The van der Waals surface area contributed by atoms with Gasteiger partial charge in [0.15, 0.2) is 0 Å². The van der Waals surface area contributed by atoms with Gasteiger partial charge in [-0.2, -0.15) is 0 Å². The Labute approximate surface area is 163 Å². The van der Waals surface area contributed by atoms with Gasteiger partial charge in [-0.25, -0.2) is 9.97 Å². The molecule has 28 heavy (non-hydrogen) atoms. The van der Waals surface area contributed by atoms with Crippen LogP contribution in [0.1, 0.15) is 21.9 Å². The van der Waals surface area contributed by atoms with Crippen molar-refractivity contribution in [3.8, 4) is 11.1 Å². The number of nitrogens with zero attached hydrogens (tertiary/aromatic N) is 4. The zero-order chi connectivity index (χ0) is 19.3. The van der Waals surface area contributed by atoms with Crippen LogP contribution in [0, 0.1) is 0 Å². The van der Waals surface area contributed by atoms with Crippen molar-refractivity contribution in [3.63, 3.8) is 0 Å². The zero-order valence-electron chi connectivity index (χ0n) is 15.6. The number of rotatable bonds is 6. The van der Waals surface area contributed by atoms with Gasteiger partial charge in [-0.3, -0.25) is 4.79 Å². The summed E-state index contributed by atoms with van der Waals surface area (Å²) in [6, 6.07) is 18.5. The number of aryl methyl sites for hydroxylation is 1. The van der Waals surface area contributed by atoms with Crippen LogP contribution in [-0.2, 0) is 20.1 Å². The van der Waals surface area contributed by atoms with Crippen LogP contribution >= 0.6 is 0 Å². The molecule has 0 fully saturated rings. The van der Waals surface area contributed by atoms with Crippen molar-refractivity contribution in [1.29, 1.82) is 0 Å². The lowest BCUT2D eigenvalue weighted by Gasteiger charge is -2.22. The van der Waals surface area contributed by atoms with Gasteiger partial charge < -0.3 is 14.5 Å². The highest BCUT2D eigenvalue weighted by Gasteiger charge is 2.20. The van der Waals surface area contributed by atoms with Gasteiger partial charge in [-0.1, -0.05) is 54.6 Å². The topological polar surface area (TPSA) is 66.8 Å². The fourth-order valence-corrected chi connectivity index (χ4v) is 3.14. The van der Waals surface area contributed by atoms with Crippen LogP contribution in [0.15, 0.2) is 79.5 Å². The summed E-state index contributed by atoms with van der Waals surface area (Å²) in [5.41, 5.74) is 3.93. The van der Waals surface area contributed by atoms with E-state index in [1.807, 2.05) is 25.2 Å². The van der Waals surface area contributed by atoms with Gasteiger partial charge in [0, 0.05) is 26.0 Å². The summed E-state index contributed by atoms with van der Waals surface area (Å²) in [7, 11) is 1.82. The number of amides is 1. The van der Waals surface area contributed by atoms with Crippen molar-refractivity contribution in [1.82, 2.24) is 24.4 Å². The molecule has 0 aliphatic heterocycles. The summed E-state index contributed by atoms with van der Waals surface area (Å²) < 4.78 is 1.73. The largest absolute Gasteiger partial charge is 0.347 e. The van der Waals surface area contributed by atoms with Crippen molar-refractivity contribution < 1.29 is 4.79 Å². The highest BCUT2D eigenvalue weighted by atomic mass is 16.2. The molecule has 0 atom stereocenters. The van der Waals surface area contributed by atoms with E-state index in [1.54, 1.807) is 34.4 Å². The lowest BCUT2D eigenvalue weighted by atomic mass is 10.0. The molecule has 140 valence electrons. The number of benzene rings is 2. The highest BCUT2D eigenvalue weighted by molar-refractivity contribution is 5.92. The van der Waals surface area contributed by atoms with E-state index in [4.69, 9.17) is 0 Å². The van der Waals surface area contributed by atoms with E-state index >= 15 is 0 Å². The lowest BCUT2D eigenvalue weighted by Crippen LogP contribution is -2.31. The standard InChI is InChI=1S/C22H21N5O/c1-26-16-23-13-20(26)22(28)27(15-21-24-11-12-25-21)14-17-7-9-19(10-8-17)18-5-3-2-4-6-18/h2-13,16H,14-15H2,1H3,(H,24,25).